The highest BCUT2D eigenvalue weighted by Crippen LogP contribution is 2.22. The zero-order chi connectivity index (χ0) is 11.0. The minimum Gasteiger partial charge on any atom is -0.205 e. The lowest BCUT2D eigenvalue weighted by Gasteiger charge is -1.94. The molecule has 0 bridgehead atoms. The first-order chi connectivity index (χ1) is 7.86. The third kappa shape index (κ3) is 1.47. The second-order valence-electron chi connectivity index (χ2n) is 3.39. The average molecular weight is 232 g/mol. The van der Waals surface area contributed by atoms with E-state index in [0.717, 1.165) is 22.1 Å². The first-order valence-corrected chi connectivity index (χ1v) is 5.85. The van der Waals surface area contributed by atoms with Crippen LogP contribution >= 0.6 is 11.3 Å². The second kappa shape index (κ2) is 3.64. The van der Waals surface area contributed by atoms with Crippen LogP contribution in [0.25, 0.3) is 15.5 Å². The number of aryl methyl sites for hydroxylation is 1. The monoisotopic (exact) mass is 232 g/mol. The van der Waals surface area contributed by atoms with Crippen molar-refractivity contribution in [2.45, 2.75) is 13.5 Å². The summed E-state index contributed by atoms with van der Waals surface area (Å²) in [5, 5.41) is 13.1. The van der Waals surface area contributed by atoms with Gasteiger partial charge in [0.25, 0.3) is 0 Å². The molecule has 0 aliphatic rings. The van der Waals surface area contributed by atoms with E-state index in [2.05, 4.69) is 39.1 Å². The van der Waals surface area contributed by atoms with Gasteiger partial charge >= 0.3 is 0 Å². The van der Waals surface area contributed by atoms with Crippen LogP contribution in [0.2, 0.25) is 0 Å². The molecule has 80 valence electrons. The maximum Gasteiger partial charge on any atom is 0.234 e. The highest BCUT2D eigenvalue weighted by atomic mass is 32.1. The molecular formula is C10H10N5S+. The number of fused-ring (bicyclic) bond motifs is 1. The van der Waals surface area contributed by atoms with Crippen molar-refractivity contribution in [3.05, 3.63) is 30.9 Å². The molecule has 0 aromatic carbocycles. The molecule has 0 aliphatic carbocycles. The highest BCUT2D eigenvalue weighted by molar-refractivity contribution is 7.19. The zero-order valence-corrected chi connectivity index (χ0v) is 9.55. The molecule has 0 N–H and O–H groups in total. The lowest BCUT2D eigenvalue weighted by Crippen LogP contribution is -2.30. The largest absolute Gasteiger partial charge is 0.234 e. The lowest BCUT2D eigenvalue weighted by molar-refractivity contribution is -0.693. The standard InChI is InChI=1S/C10H10N5S/c1-2-14-5-3-4-8(6-14)9-13-15-7-11-12-10(15)16-9/h3-7H,2H2,1H3/q+1. The molecule has 3 heterocycles. The summed E-state index contributed by atoms with van der Waals surface area (Å²) in [4.78, 5) is 0.821. The molecule has 3 rings (SSSR count). The van der Waals surface area contributed by atoms with E-state index in [1.807, 2.05) is 12.3 Å². The third-order valence-electron chi connectivity index (χ3n) is 2.36. The molecule has 16 heavy (non-hydrogen) atoms. The van der Waals surface area contributed by atoms with E-state index in [-0.39, 0.29) is 0 Å². The van der Waals surface area contributed by atoms with Crippen molar-refractivity contribution in [3.8, 4) is 10.6 Å². The van der Waals surface area contributed by atoms with Gasteiger partial charge in [-0.1, -0.05) is 11.3 Å². The molecule has 3 aromatic rings. The van der Waals surface area contributed by atoms with E-state index in [1.165, 1.54) is 0 Å². The Kier molecular flexibility index (Phi) is 2.14. The van der Waals surface area contributed by atoms with Gasteiger partial charge in [0.2, 0.25) is 4.96 Å². The Morgan fingerprint density at radius 2 is 2.44 bits per heavy atom. The van der Waals surface area contributed by atoms with Gasteiger partial charge in [0, 0.05) is 6.07 Å². The lowest BCUT2D eigenvalue weighted by atomic mass is 10.3. The first kappa shape index (κ1) is 9.41. The van der Waals surface area contributed by atoms with E-state index < -0.39 is 0 Å². The fourth-order valence-electron chi connectivity index (χ4n) is 1.52. The molecule has 0 amide bonds. The normalized spacial score (nSPS) is 11.1. The fraction of sp³-hybridized carbons (Fsp3) is 0.200. The number of hydrogen-bond donors (Lipinski definition) is 0. The topological polar surface area (TPSA) is 47.0 Å². The summed E-state index contributed by atoms with van der Waals surface area (Å²) in [5.41, 5.74) is 1.11. The molecule has 0 fully saturated rings. The summed E-state index contributed by atoms with van der Waals surface area (Å²) < 4.78 is 3.82. The van der Waals surface area contributed by atoms with Gasteiger partial charge in [0.15, 0.2) is 17.4 Å². The summed E-state index contributed by atoms with van der Waals surface area (Å²) in [5.74, 6) is 0. The second-order valence-corrected chi connectivity index (χ2v) is 4.34. The van der Waals surface area contributed by atoms with Crippen molar-refractivity contribution in [1.82, 2.24) is 19.8 Å². The molecule has 0 unspecified atom stereocenters. The van der Waals surface area contributed by atoms with Crippen LogP contribution in [0.5, 0.6) is 0 Å². The van der Waals surface area contributed by atoms with E-state index in [0.29, 0.717) is 0 Å². The molecule has 3 aromatic heterocycles. The van der Waals surface area contributed by atoms with Gasteiger partial charge < -0.3 is 0 Å². The minimum atomic E-state index is 0.821. The molecule has 0 aliphatic heterocycles. The van der Waals surface area contributed by atoms with Gasteiger partial charge in [-0.25, -0.2) is 4.57 Å². The maximum absolute atomic E-state index is 4.42. The summed E-state index contributed by atoms with van der Waals surface area (Å²) in [7, 11) is 0. The smallest absolute Gasteiger partial charge is 0.205 e. The van der Waals surface area contributed by atoms with Gasteiger partial charge in [-0.15, -0.1) is 10.2 Å². The molecule has 0 atom stereocenters. The molecular weight excluding hydrogens is 222 g/mol. The molecule has 0 spiro atoms. The van der Waals surface area contributed by atoms with Crippen LogP contribution in [0.3, 0.4) is 0 Å². The van der Waals surface area contributed by atoms with Crippen molar-refractivity contribution in [3.63, 3.8) is 0 Å². The predicted octanol–water partition coefficient (Wildman–Crippen LogP) is 1.16. The van der Waals surface area contributed by atoms with Crippen molar-refractivity contribution in [2.24, 2.45) is 0 Å². The molecule has 0 saturated carbocycles. The predicted molar refractivity (Wildman–Crippen MR) is 60.0 cm³/mol. The van der Waals surface area contributed by atoms with Crippen LogP contribution < -0.4 is 4.57 Å². The Balaban J connectivity index is 2.11. The van der Waals surface area contributed by atoms with Crippen molar-refractivity contribution in [2.75, 3.05) is 0 Å². The number of nitrogens with zero attached hydrogens (tertiary/aromatic N) is 5. The van der Waals surface area contributed by atoms with Crippen LogP contribution in [0, 0.1) is 0 Å². The summed E-state index contributed by atoms with van der Waals surface area (Å²) in [6, 6.07) is 4.08. The fourth-order valence-corrected chi connectivity index (χ4v) is 2.33. The Hall–Kier alpha value is -1.82. The summed E-state index contributed by atoms with van der Waals surface area (Å²) in [6.07, 6.45) is 5.75. The molecule has 6 heteroatoms. The van der Waals surface area contributed by atoms with Crippen LogP contribution in [-0.4, -0.2) is 19.8 Å². The summed E-state index contributed by atoms with van der Waals surface area (Å²) in [6.45, 7) is 3.07. The van der Waals surface area contributed by atoms with Crippen LogP contribution in [-0.2, 0) is 6.54 Å². The molecule has 5 nitrogen and oxygen atoms in total. The Morgan fingerprint density at radius 1 is 1.50 bits per heavy atom. The number of hydrogen-bond acceptors (Lipinski definition) is 4. The van der Waals surface area contributed by atoms with Crippen LogP contribution in [0.15, 0.2) is 30.9 Å². The van der Waals surface area contributed by atoms with Gasteiger partial charge in [-0.2, -0.15) is 9.61 Å². The maximum atomic E-state index is 4.42. The van der Waals surface area contributed by atoms with Gasteiger partial charge in [-0.05, 0) is 13.0 Å². The summed E-state index contributed by atoms with van der Waals surface area (Å²) >= 11 is 1.54. The Labute approximate surface area is 96.0 Å². The number of pyridine rings is 1. The van der Waals surface area contributed by atoms with Crippen molar-refractivity contribution >= 4 is 16.3 Å². The van der Waals surface area contributed by atoms with E-state index >= 15 is 0 Å². The quantitative estimate of drug-likeness (QED) is 0.623. The highest BCUT2D eigenvalue weighted by Gasteiger charge is 2.10. The Bertz CT molecular complexity index is 598. The Morgan fingerprint density at radius 3 is 3.25 bits per heavy atom. The van der Waals surface area contributed by atoms with Crippen molar-refractivity contribution in [1.29, 1.82) is 0 Å². The van der Waals surface area contributed by atoms with Crippen LogP contribution in [0.4, 0.5) is 0 Å². The van der Waals surface area contributed by atoms with Gasteiger partial charge in [0.1, 0.15) is 12.9 Å². The number of rotatable bonds is 2. The number of aromatic nitrogens is 5. The van der Waals surface area contributed by atoms with E-state index in [4.69, 9.17) is 0 Å². The van der Waals surface area contributed by atoms with Gasteiger partial charge in [0.05, 0.1) is 5.56 Å². The zero-order valence-electron chi connectivity index (χ0n) is 8.74. The molecule has 0 radical (unpaired) electrons. The SMILES string of the molecule is CC[n+]1cccc(-c2nn3cnnc3s2)c1. The average Bonchev–Trinajstić information content (AvgIpc) is 2.89. The van der Waals surface area contributed by atoms with E-state index in [1.54, 1.807) is 22.2 Å². The molecule has 0 saturated heterocycles. The first-order valence-electron chi connectivity index (χ1n) is 5.03. The van der Waals surface area contributed by atoms with Gasteiger partial charge in [-0.3, -0.25) is 0 Å². The van der Waals surface area contributed by atoms with Crippen LogP contribution in [0.1, 0.15) is 6.92 Å². The minimum absolute atomic E-state index is 0.821. The van der Waals surface area contributed by atoms with Crippen molar-refractivity contribution < 1.29 is 4.57 Å². The third-order valence-corrected chi connectivity index (χ3v) is 3.32. The van der Waals surface area contributed by atoms with E-state index in [9.17, 15) is 0 Å².